The molecule has 2 rings (SSSR count). The first-order valence-corrected chi connectivity index (χ1v) is 8.14. The second-order valence-electron chi connectivity index (χ2n) is 7.09. The summed E-state index contributed by atoms with van der Waals surface area (Å²) in [7, 11) is 0. The number of nitrogens with one attached hydrogen (secondary N) is 1. The van der Waals surface area contributed by atoms with E-state index in [1.54, 1.807) is 20.8 Å². The largest absolute Gasteiger partial charge is 0.416 e. The highest BCUT2D eigenvalue weighted by molar-refractivity contribution is 6.00. The number of carbonyl (C=O) groups excluding carboxylic acids is 1. The average molecular weight is 398 g/mol. The van der Waals surface area contributed by atoms with Crippen molar-refractivity contribution in [1.29, 1.82) is 0 Å². The number of hydrogen-bond acceptors (Lipinski definition) is 3. The number of rotatable bonds is 4. The quantitative estimate of drug-likeness (QED) is 0.748. The van der Waals surface area contributed by atoms with E-state index in [0.29, 0.717) is 18.7 Å². The van der Waals surface area contributed by atoms with Gasteiger partial charge in [0.2, 0.25) is 5.91 Å². The lowest BCUT2D eigenvalue weighted by atomic mass is 9.54. The summed E-state index contributed by atoms with van der Waals surface area (Å²) in [4.78, 5) is 12.5. The van der Waals surface area contributed by atoms with Gasteiger partial charge in [0.25, 0.3) is 0 Å². The van der Waals surface area contributed by atoms with E-state index in [9.17, 15) is 31.1 Å². The van der Waals surface area contributed by atoms with Gasteiger partial charge in [0.05, 0.1) is 17.2 Å². The van der Waals surface area contributed by atoms with E-state index in [2.05, 4.69) is 5.32 Å². The van der Waals surface area contributed by atoms with Crippen LogP contribution in [-0.4, -0.2) is 24.2 Å². The number of halogens is 6. The van der Waals surface area contributed by atoms with Gasteiger partial charge in [0.15, 0.2) is 0 Å². The lowest BCUT2D eigenvalue weighted by Gasteiger charge is -2.57. The molecule has 27 heavy (non-hydrogen) atoms. The van der Waals surface area contributed by atoms with Gasteiger partial charge in [-0.2, -0.15) is 26.3 Å². The number of alkyl halides is 6. The topological polar surface area (TPSA) is 64.3 Å². The third-order valence-corrected chi connectivity index (χ3v) is 5.08. The molecule has 1 saturated carbocycles. The third kappa shape index (κ3) is 3.91. The maximum absolute atomic E-state index is 12.9. The Morgan fingerprint density at radius 1 is 1.15 bits per heavy atom. The van der Waals surface area contributed by atoms with Crippen LogP contribution in [0.4, 0.5) is 32.0 Å². The molecule has 0 aliphatic heterocycles. The summed E-state index contributed by atoms with van der Waals surface area (Å²) in [6.45, 7) is 5.45. The fourth-order valence-corrected chi connectivity index (χ4v) is 3.09. The molecule has 1 aromatic rings. The van der Waals surface area contributed by atoms with Crippen LogP contribution in [0.5, 0.6) is 0 Å². The molecule has 2 unspecified atom stereocenters. The Morgan fingerprint density at radius 3 is 2.00 bits per heavy atom. The van der Waals surface area contributed by atoms with Crippen LogP contribution in [0, 0.1) is 5.41 Å². The van der Waals surface area contributed by atoms with E-state index in [-0.39, 0.29) is 18.6 Å². The van der Waals surface area contributed by atoms with Crippen LogP contribution < -0.4 is 11.1 Å². The number of hydrogen-bond donors (Lipinski definition) is 2. The predicted octanol–water partition coefficient (Wildman–Crippen LogP) is 4.20. The summed E-state index contributed by atoms with van der Waals surface area (Å²) in [5.41, 5.74) is 0.119. The van der Waals surface area contributed by atoms with E-state index in [0.717, 1.165) is 0 Å². The first-order valence-electron chi connectivity index (χ1n) is 8.14. The molecule has 1 fully saturated rings. The Hall–Kier alpha value is -1.81. The van der Waals surface area contributed by atoms with Gasteiger partial charge in [0.1, 0.15) is 5.54 Å². The van der Waals surface area contributed by atoms with Gasteiger partial charge in [-0.1, -0.05) is 13.8 Å². The van der Waals surface area contributed by atoms with Crippen LogP contribution in [-0.2, 0) is 21.9 Å². The molecule has 0 aromatic heterocycles. The van der Waals surface area contributed by atoms with Crippen molar-refractivity contribution in [2.45, 2.75) is 51.2 Å². The van der Waals surface area contributed by atoms with E-state index in [1.165, 1.54) is 0 Å². The van der Waals surface area contributed by atoms with Crippen molar-refractivity contribution in [3.63, 3.8) is 0 Å². The number of carbonyl (C=O) groups is 1. The van der Waals surface area contributed by atoms with Gasteiger partial charge >= 0.3 is 12.4 Å². The lowest BCUT2D eigenvalue weighted by molar-refractivity contribution is -0.166. The Morgan fingerprint density at radius 2 is 1.63 bits per heavy atom. The molecular formula is C17H20F6N2O2. The lowest BCUT2D eigenvalue weighted by Crippen LogP contribution is -2.74. The fourth-order valence-electron chi connectivity index (χ4n) is 3.09. The van der Waals surface area contributed by atoms with Crippen LogP contribution in [0.3, 0.4) is 0 Å². The first kappa shape index (κ1) is 21.5. The van der Waals surface area contributed by atoms with Gasteiger partial charge in [0, 0.05) is 24.1 Å². The monoisotopic (exact) mass is 398 g/mol. The van der Waals surface area contributed by atoms with Crippen LogP contribution in [0.25, 0.3) is 0 Å². The minimum absolute atomic E-state index is 0.00766. The first-order chi connectivity index (χ1) is 12.1. The molecule has 0 radical (unpaired) electrons. The van der Waals surface area contributed by atoms with Gasteiger partial charge in [-0.05, 0) is 25.1 Å². The summed E-state index contributed by atoms with van der Waals surface area (Å²) >= 11 is 0. The molecule has 10 heteroatoms. The second-order valence-corrected chi connectivity index (χ2v) is 7.09. The summed E-state index contributed by atoms with van der Waals surface area (Å²) in [5.74, 6) is -0.865. The van der Waals surface area contributed by atoms with E-state index in [4.69, 9.17) is 10.5 Å². The van der Waals surface area contributed by atoms with Crippen molar-refractivity contribution in [2.75, 3.05) is 11.9 Å². The van der Waals surface area contributed by atoms with Crippen molar-refractivity contribution < 1.29 is 35.9 Å². The second kappa shape index (κ2) is 6.66. The van der Waals surface area contributed by atoms with Crippen LogP contribution in [0.2, 0.25) is 0 Å². The number of anilines is 1. The number of nitrogens with two attached hydrogens (primary N) is 1. The Bertz CT molecular complexity index is 697. The van der Waals surface area contributed by atoms with E-state index >= 15 is 0 Å². The molecule has 1 amide bonds. The molecule has 1 aliphatic rings. The Kier molecular flexibility index (Phi) is 5.30. The van der Waals surface area contributed by atoms with Crippen molar-refractivity contribution in [3.05, 3.63) is 29.3 Å². The van der Waals surface area contributed by atoms with E-state index < -0.39 is 46.0 Å². The third-order valence-electron chi connectivity index (χ3n) is 5.08. The normalized spacial score (nSPS) is 25.0. The molecule has 2 atom stereocenters. The zero-order valence-electron chi connectivity index (χ0n) is 14.9. The van der Waals surface area contributed by atoms with E-state index in [1.807, 2.05) is 0 Å². The Labute approximate surface area is 152 Å². The van der Waals surface area contributed by atoms with Crippen LogP contribution in [0.1, 0.15) is 38.3 Å². The highest BCUT2D eigenvalue weighted by Crippen LogP contribution is 2.50. The summed E-state index contributed by atoms with van der Waals surface area (Å²) in [5, 5.41) is 2.11. The smallest absolute Gasteiger partial charge is 0.378 e. The molecule has 0 bridgehead atoms. The number of amides is 1. The van der Waals surface area contributed by atoms with Crippen molar-refractivity contribution in [3.8, 4) is 0 Å². The van der Waals surface area contributed by atoms with Gasteiger partial charge in [-0.25, -0.2) is 0 Å². The zero-order chi connectivity index (χ0) is 20.8. The highest BCUT2D eigenvalue weighted by Gasteiger charge is 2.62. The molecule has 1 aromatic carbocycles. The summed E-state index contributed by atoms with van der Waals surface area (Å²) in [6, 6.07) is 0.886. The zero-order valence-corrected chi connectivity index (χ0v) is 14.9. The van der Waals surface area contributed by atoms with Crippen molar-refractivity contribution in [1.82, 2.24) is 0 Å². The fraction of sp³-hybridized carbons (Fsp3) is 0.588. The number of ether oxygens (including phenoxy) is 1. The number of benzene rings is 1. The molecule has 3 N–H and O–H groups in total. The molecule has 0 spiro atoms. The SMILES string of the molecule is CCOC1CC(N)(C(=O)Nc2cc(C(F)(F)F)cc(C(F)(F)F)c2)C1(C)C. The maximum Gasteiger partial charge on any atom is 0.416 e. The van der Waals surface area contributed by atoms with Crippen LogP contribution in [0.15, 0.2) is 18.2 Å². The summed E-state index contributed by atoms with van der Waals surface area (Å²) < 4.78 is 83.0. The molecule has 0 heterocycles. The minimum Gasteiger partial charge on any atom is -0.378 e. The minimum atomic E-state index is -5.00. The standard InChI is InChI=1S/C17H20F6N2O2/c1-4-27-12-8-15(24,14(12,2)3)13(26)25-11-6-9(16(18,19)20)5-10(7-11)17(21,22)23/h5-7,12H,4,8,24H2,1-3H3,(H,25,26). The molecule has 4 nitrogen and oxygen atoms in total. The van der Waals surface area contributed by atoms with Gasteiger partial charge in [-0.3, -0.25) is 4.79 Å². The summed E-state index contributed by atoms with van der Waals surface area (Å²) in [6.07, 6.45) is -10.2. The average Bonchev–Trinajstić information content (AvgIpc) is 2.52. The molecule has 1 aliphatic carbocycles. The molecule has 0 saturated heterocycles. The van der Waals surface area contributed by atoms with Crippen LogP contribution >= 0.6 is 0 Å². The van der Waals surface area contributed by atoms with Gasteiger partial charge < -0.3 is 15.8 Å². The van der Waals surface area contributed by atoms with Crippen molar-refractivity contribution in [2.24, 2.45) is 11.1 Å². The molecule has 152 valence electrons. The predicted molar refractivity (Wildman–Crippen MR) is 85.8 cm³/mol. The van der Waals surface area contributed by atoms with Crippen molar-refractivity contribution >= 4 is 11.6 Å². The maximum atomic E-state index is 12.9. The van der Waals surface area contributed by atoms with Gasteiger partial charge in [-0.15, -0.1) is 0 Å². The molecular weight excluding hydrogens is 378 g/mol. The highest BCUT2D eigenvalue weighted by atomic mass is 19.4. The Balaban J connectivity index is 2.33.